The maximum atomic E-state index is 12.4. The summed E-state index contributed by atoms with van der Waals surface area (Å²) in [6.07, 6.45) is 1.39. The maximum Gasteiger partial charge on any atom is 0.354 e. The molecule has 2 rings (SSSR count). The highest BCUT2D eigenvalue weighted by Crippen LogP contribution is 2.16. The average Bonchev–Trinajstić information content (AvgIpc) is 2.90. The third-order valence-electron chi connectivity index (χ3n) is 3.64. The van der Waals surface area contributed by atoms with Gasteiger partial charge < -0.3 is 9.30 Å². The average molecular weight is 336 g/mol. The number of esters is 1. The molecule has 0 amide bonds. The second-order valence-electron chi connectivity index (χ2n) is 5.42. The van der Waals surface area contributed by atoms with Crippen LogP contribution in [0.5, 0.6) is 0 Å². The number of hydrogen-bond acceptors (Lipinski definition) is 4. The van der Waals surface area contributed by atoms with E-state index in [4.69, 9.17) is 0 Å². The molecule has 124 valence electrons. The summed E-state index contributed by atoms with van der Waals surface area (Å²) in [5.41, 5.74) is 3.18. The van der Waals surface area contributed by atoms with Crippen molar-refractivity contribution in [2.75, 3.05) is 7.11 Å². The number of nitrogens with one attached hydrogen (secondary N) is 1. The molecule has 2 aromatic rings. The Hall–Kier alpha value is -2.12. The first-order valence-corrected chi connectivity index (χ1v) is 8.53. The molecule has 0 atom stereocenters. The van der Waals surface area contributed by atoms with Crippen LogP contribution in [0.3, 0.4) is 0 Å². The van der Waals surface area contributed by atoms with Gasteiger partial charge in [0.1, 0.15) is 10.6 Å². The first-order chi connectivity index (χ1) is 10.7. The van der Waals surface area contributed by atoms with E-state index in [9.17, 15) is 13.2 Å². The Morgan fingerprint density at radius 2 is 1.96 bits per heavy atom. The number of methoxy groups -OCH3 is 1. The highest BCUT2D eigenvalue weighted by atomic mass is 32.2. The van der Waals surface area contributed by atoms with E-state index in [2.05, 4.69) is 9.46 Å². The molecule has 23 heavy (non-hydrogen) atoms. The number of hydrogen-bond donors (Lipinski definition) is 1. The number of carbonyl (C=O) groups excluding carboxylic acids is 1. The Morgan fingerprint density at radius 3 is 2.61 bits per heavy atom. The maximum absolute atomic E-state index is 12.4. The van der Waals surface area contributed by atoms with Crippen molar-refractivity contribution in [3.8, 4) is 0 Å². The Kier molecular flexibility index (Phi) is 4.91. The largest absolute Gasteiger partial charge is 0.464 e. The highest BCUT2D eigenvalue weighted by Gasteiger charge is 2.20. The quantitative estimate of drug-likeness (QED) is 0.846. The zero-order chi connectivity index (χ0) is 17.2. The molecule has 0 unspecified atom stereocenters. The van der Waals surface area contributed by atoms with Crippen molar-refractivity contribution in [3.05, 3.63) is 52.8 Å². The molecule has 1 N–H and O–H groups in total. The summed E-state index contributed by atoms with van der Waals surface area (Å²) in [7, 11) is -0.865. The van der Waals surface area contributed by atoms with Gasteiger partial charge in [0, 0.05) is 19.8 Å². The third kappa shape index (κ3) is 3.80. The minimum Gasteiger partial charge on any atom is -0.464 e. The Bertz CT molecular complexity index is 838. The zero-order valence-electron chi connectivity index (χ0n) is 13.6. The summed E-state index contributed by atoms with van der Waals surface area (Å²) in [4.78, 5) is 11.6. The van der Waals surface area contributed by atoms with E-state index in [0.717, 1.165) is 16.7 Å². The molecule has 1 aromatic carbocycles. The number of benzene rings is 1. The van der Waals surface area contributed by atoms with Crippen molar-refractivity contribution < 1.29 is 17.9 Å². The van der Waals surface area contributed by atoms with Gasteiger partial charge in [0.2, 0.25) is 10.0 Å². The molecule has 0 aliphatic rings. The van der Waals surface area contributed by atoms with E-state index < -0.39 is 16.0 Å². The number of aryl methyl sites for hydroxylation is 3. The summed E-state index contributed by atoms with van der Waals surface area (Å²) < 4.78 is 33.4. The van der Waals surface area contributed by atoms with Crippen LogP contribution in [0, 0.1) is 13.8 Å². The molecule has 0 bridgehead atoms. The predicted octanol–water partition coefficient (Wildman–Crippen LogP) is 1.91. The lowest BCUT2D eigenvalue weighted by molar-refractivity contribution is 0.0590. The Morgan fingerprint density at radius 1 is 1.26 bits per heavy atom. The molecule has 0 saturated carbocycles. The molecule has 0 spiro atoms. The number of rotatable bonds is 5. The van der Waals surface area contributed by atoms with Crippen LogP contribution >= 0.6 is 0 Å². The van der Waals surface area contributed by atoms with Gasteiger partial charge in [-0.05, 0) is 31.0 Å². The minimum atomic E-state index is -3.71. The first kappa shape index (κ1) is 17.2. The van der Waals surface area contributed by atoms with E-state index in [-0.39, 0.29) is 17.1 Å². The van der Waals surface area contributed by atoms with Gasteiger partial charge in [0.15, 0.2) is 0 Å². The molecule has 0 aliphatic heterocycles. The lowest BCUT2D eigenvalue weighted by Gasteiger charge is -2.09. The van der Waals surface area contributed by atoms with Gasteiger partial charge in [-0.3, -0.25) is 0 Å². The lowest BCUT2D eigenvalue weighted by Crippen LogP contribution is -2.23. The number of sulfonamides is 1. The van der Waals surface area contributed by atoms with Crippen LogP contribution in [0.25, 0.3) is 0 Å². The zero-order valence-corrected chi connectivity index (χ0v) is 14.4. The second kappa shape index (κ2) is 6.55. The van der Waals surface area contributed by atoms with Gasteiger partial charge >= 0.3 is 5.97 Å². The number of aromatic nitrogens is 1. The van der Waals surface area contributed by atoms with Gasteiger partial charge in [-0.1, -0.05) is 23.8 Å². The molecule has 0 aliphatic carbocycles. The fourth-order valence-electron chi connectivity index (χ4n) is 2.24. The van der Waals surface area contributed by atoms with E-state index in [1.807, 2.05) is 32.0 Å². The Balaban J connectivity index is 2.22. The normalized spacial score (nSPS) is 11.5. The smallest absolute Gasteiger partial charge is 0.354 e. The van der Waals surface area contributed by atoms with Crippen LogP contribution in [-0.4, -0.2) is 26.1 Å². The molecule has 6 nitrogen and oxygen atoms in total. The molecule has 1 aromatic heterocycles. The minimum absolute atomic E-state index is 0.0331. The van der Waals surface area contributed by atoms with Gasteiger partial charge in [0.25, 0.3) is 0 Å². The summed E-state index contributed by atoms with van der Waals surface area (Å²) >= 11 is 0. The van der Waals surface area contributed by atoms with Crippen molar-refractivity contribution in [2.45, 2.75) is 25.3 Å². The highest BCUT2D eigenvalue weighted by molar-refractivity contribution is 7.89. The van der Waals surface area contributed by atoms with Crippen LogP contribution < -0.4 is 4.72 Å². The van der Waals surface area contributed by atoms with Crippen LogP contribution in [0.2, 0.25) is 0 Å². The van der Waals surface area contributed by atoms with E-state index in [0.29, 0.717) is 0 Å². The van der Waals surface area contributed by atoms with Gasteiger partial charge in [-0.15, -0.1) is 0 Å². The van der Waals surface area contributed by atoms with Crippen molar-refractivity contribution in [1.29, 1.82) is 0 Å². The van der Waals surface area contributed by atoms with Gasteiger partial charge in [-0.2, -0.15) is 0 Å². The third-order valence-corrected chi connectivity index (χ3v) is 5.01. The van der Waals surface area contributed by atoms with Crippen molar-refractivity contribution >= 4 is 16.0 Å². The molecular formula is C16H20N2O4S. The standard InChI is InChI=1S/C16H20N2O4S/c1-11-5-6-12(2)13(7-11)9-17-23(20,21)14-8-15(16(19)22-4)18(3)10-14/h5-8,10,17H,9H2,1-4H3. The van der Waals surface area contributed by atoms with Gasteiger partial charge in [0.05, 0.1) is 7.11 Å². The fraction of sp³-hybridized carbons (Fsp3) is 0.312. The second-order valence-corrected chi connectivity index (χ2v) is 7.18. The van der Waals surface area contributed by atoms with Crippen LogP contribution in [0.4, 0.5) is 0 Å². The van der Waals surface area contributed by atoms with Crippen LogP contribution in [-0.2, 0) is 28.4 Å². The van der Waals surface area contributed by atoms with E-state index in [1.165, 1.54) is 23.9 Å². The summed E-state index contributed by atoms with van der Waals surface area (Å²) in [5, 5.41) is 0. The number of nitrogens with zero attached hydrogens (tertiary/aromatic N) is 1. The first-order valence-electron chi connectivity index (χ1n) is 7.05. The van der Waals surface area contributed by atoms with Crippen molar-refractivity contribution in [1.82, 2.24) is 9.29 Å². The fourth-order valence-corrected chi connectivity index (χ4v) is 3.31. The van der Waals surface area contributed by atoms with Crippen LogP contribution in [0.15, 0.2) is 35.4 Å². The SMILES string of the molecule is COC(=O)c1cc(S(=O)(=O)NCc2cc(C)ccc2C)cn1C. The lowest BCUT2D eigenvalue weighted by atomic mass is 10.1. The number of ether oxygens (including phenoxy) is 1. The molecule has 0 saturated heterocycles. The predicted molar refractivity (Wildman–Crippen MR) is 86.7 cm³/mol. The molecule has 0 radical (unpaired) electrons. The Labute approximate surface area is 136 Å². The summed E-state index contributed by atoms with van der Waals surface area (Å²) in [6, 6.07) is 7.18. The molecule has 1 heterocycles. The topological polar surface area (TPSA) is 77.4 Å². The van der Waals surface area contributed by atoms with E-state index in [1.54, 1.807) is 7.05 Å². The van der Waals surface area contributed by atoms with Crippen molar-refractivity contribution in [3.63, 3.8) is 0 Å². The molecular weight excluding hydrogens is 316 g/mol. The molecule has 7 heteroatoms. The molecule has 0 fully saturated rings. The monoisotopic (exact) mass is 336 g/mol. The summed E-state index contributed by atoms with van der Waals surface area (Å²) in [6.45, 7) is 4.08. The van der Waals surface area contributed by atoms with Crippen LogP contribution in [0.1, 0.15) is 27.2 Å². The van der Waals surface area contributed by atoms with Crippen molar-refractivity contribution in [2.24, 2.45) is 7.05 Å². The van der Waals surface area contributed by atoms with E-state index >= 15 is 0 Å². The number of carbonyl (C=O) groups is 1. The summed E-state index contributed by atoms with van der Waals surface area (Å²) in [5.74, 6) is -0.580. The van der Waals surface area contributed by atoms with Gasteiger partial charge in [-0.25, -0.2) is 17.9 Å².